The fourth-order valence-electron chi connectivity index (χ4n) is 2.92. The van der Waals surface area contributed by atoms with Crippen molar-refractivity contribution < 1.29 is 0 Å². The van der Waals surface area contributed by atoms with Gasteiger partial charge in [0, 0.05) is 30.9 Å². The van der Waals surface area contributed by atoms with Crippen LogP contribution in [0.25, 0.3) is 0 Å². The lowest BCUT2D eigenvalue weighted by atomic mass is 9.87. The Labute approximate surface area is 114 Å². The van der Waals surface area contributed by atoms with Gasteiger partial charge in [0.05, 0.1) is 6.20 Å². The van der Waals surface area contributed by atoms with E-state index in [0.717, 1.165) is 6.54 Å². The van der Waals surface area contributed by atoms with E-state index in [2.05, 4.69) is 41.6 Å². The van der Waals surface area contributed by atoms with Crippen molar-refractivity contribution in [1.29, 1.82) is 0 Å². The Kier molecular flexibility index (Phi) is 3.38. The Morgan fingerprint density at radius 2 is 2.21 bits per heavy atom. The molecule has 3 nitrogen and oxygen atoms in total. The fourth-order valence-corrected chi connectivity index (χ4v) is 2.92. The number of aromatic nitrogens is 2. The molecule has 19 heavy (non-hydrogen) atoms. The predicted octanol–water partition coefficient (Wildman–Crippen LogP) is 2.90. The van der Waals surface area contributed by atoms with Gasteiger partial charge in [-0.3, -0.25) is 4.68 Å². The fraction of sp³-hybridized carbons (Fsp3) is 0.438. The van der Waals surface area contributed by atoms with Crippen LogP contribution in [0.4, 0.5) is 0 Å². The zero-order chi connectivity index (χ0) is 13.2. The van der Waals surface area contributed by atoms with Crippen molar-refractivity contribution in [3.05, 3.63) is 52.8 Å². The Balaban J connectivity index is 1.73. The van der Waals surface area contributed by atoms with Crippen molar-refractivity contribution in [2.75, 3.05) is 0 Å². The summed E-state index contributed by atoms with van der Waals surface area (Å²) in [5, 5.41) is 8.00. The van der Waals surface area contributed by atoms with Crippen LogP contribution in [0.5, 0.6) is 0 Å². The van der Waals surface area contributed by atoms with Gasteiger partial charge in [0.1, 0.15) is 0 Å². The number of nitrogens with zero attached hydrogens (tertiary/aromatic N) is 2. The van der Waals surface area contributed by atoms with Gasteiger partial charge in [0.15, 0.2) is 0 Å². The average molecular weight is 255 g/mol. The summed E-state index contributed by atoms with van der Waals surface area (Å²) in [6, 6.07) is 9.31. The first kappa shape index (κ1) is 12.4. The molecule has 0 amide bonds. The summed E-state index contributed by atoms with van der Waals surface area (Å²) in [4.78, 5) is 0. The monoisotopic (exact) mass is 255 g/mol. The summed E-state index contributed by atoms with van der Waals surface area (Å²) in [5.41, 5.74) is 5.53. The molecule has 0 spiro atoms. The lowest BCUT2D eigenvalue weighted by Gasteiger charge is -2.26. The number of fused-ring (bicyclic) bond motifs is 1. The molecule has 0 fully saturated rings. The van der Waals surface area contributed by atoms with Gasteiger partial charge < -0.3 is 5.32 Å². The number of benzene rings is 1. The minimum Gasteiger partial charge on any atom is -0.306 e. The molecule has 1 atom stereocenters. The molecule has 100 valence electrons. The topological polar surface area (TPSA) is 29.9 Å². The van der Waals surface area contributed by atoms with Crippen LogP contribution >= 0.6 is 0 Å². The van der Waals surface area contributed by atoms with E-state index >= 15 is 0 Å². The van der Waals surface area contributed by atoms with Gasteiger partial charge in [-0.05, 0) is 37.3 Å². The van der Waals surface area contributed by atoms with Gasteiger partial charge in [-0.25, -0.2) is 0 Å². The molecule has 1 unspecified atom stereocenters. The van der Waals surface area contributed by atoms with E-state index < -0.39 is 0 Å². The highest BCUT2D eigenvalue weighted by atomic mass is 15.3. The van der Waals surface area contributed by atoms with Gasteiger partial charge >= 0.3 is 0 Å². The lowest BCUT2D eigenvalue weighted by molar-refractivity contribution is 0.458. The molecule has 0 bridgehead atoms. The van der Waals surface area contributed by atoms with Crippen molar-refractivity contribution in [1.82, 2.24) is 15.1 Å². The molecule has 2 aromatic rings. The lowest BCUT2D eigenvalue weighted by Crippen LogP contribution is -2.25. The summed E-state index contributed by atoms with van der Waals surface area (Å²) in [6.45, 7) is 3.03. The maximum absolute atomic E-state index is 4.30. The van der Waals surface area contributed by atoms with Gasteiger partial charge in [-0.1, -0.05) is 24.3 Å². The highest BCUT2D eigenvalue weighted by Gasteiger charge is 2.19. The molecule has 1 aliphatic carbocycles. The van der Waals surface area contributed by atoms with Crippen LogP contribution in [0.2, 0.25) is 0 Å². The molecular formula is C16H21N3. The van der Waals surface area contributed by atoms with Crippen molar-refractivity contribution >= 4 is 0 Å². The maximum Gasteiger partial charge on any atom is 0.0537 e. The molecule has 3 heteroatoms. The summed E-state index contributed by atoms with van der Waals surface area (Å²) in [5.74, 6) is 0. The van der Waals surface area contributed by atoms with Gasteiger partial charge in [0.25, 0.3) is 0 Å². The van der Waals surface area contributed by atoms with Gasteiger partial charge in [0.2, 0.25) is 0 Å². The molecule has 0 saturated carbocycles. The molecule has 3 rings (SSSR count). The average Bonchev–Trinajstić information content (AvgIpc) is 2.76. The van der Waals surface area contributed by atoms with Crippen LogP contribution in [-0.4, -0.2) is 9.78 Å². The number of rotatable bonds is 3. The zero-order valence-corrected chi connectivity index (χ0v) is 11.7. The molecular weight excluding hydrogens is 234 g/mol. The van der Waals surface area contributed by atoms with Crippen LogP contribution in [0.1, 0.15) is 41.3 Å². The van der Waals surface area contributed by atoms with E-state index in [1.807, 2.05) is 17.9 Å². The summed E-state index contributed by atoms with van der Waals surface area (Å²) < 4.78 is 1.94. The van der Waals surface area contributed by atoms with E-state index in [-0.39, 0.29) is 0 Å². The first-order chi connectivity index (χ1) is 9.25. The Hall–Kier alpha value is -1.61. The third-order valence-electron chi connectivity index (χ3n) is 4.25. The molecule has 0 saturated heterocycles. The highest BCUT2D eigenvalue weighted by Crippen LogP contribution is 2.29. The van der Waals surface area contributed by atoms with Crippen LogP contribution in [-0.2, 0) is 20.0 Å². The van der Waals surface area contributed by atoms with E-state index in [1.54, 1.807) is 0 Å². The van der Waals surface area contributed by atoms with Crippen molar-refractivity contribution in [3.8, 4) is 0 Å². The number of hydrogen-bond acceptors (Lipinski definition) is 2. The third kappa shape index (κ3) is 2.43. The number of nitrogens with one attached hydrogen (secondary N) is 1. The Morgan fingerprint density at radius 1 is 1.37 bits per heavy atom. The molecule has 0 radical (unpaired) electrons. The van der Waals surface area contributed by atoms with E-state index in [1.165, 1.54) is 41.6 Å². The first-order valence-corrected chi connectivity index (χ1v) is 7.04. The first-order valence-electron chi connectivity index (χ1n) is 7.04. The predicted molar refractivity (Wildman–Crippen MR) is 76.9 cm³/mol. The summed E-state index contributed by atoms with van der Waals surface area (Å²) >= 11 is 0. The van der Waals surface area contributed by atoms with Crippen molar-refractivity contribution in [2.45, 2.75) is 38.8 Å². The quantitative estimate of drug-likeness (QED) is 0.914. The molecule has 1 heterocycles. The van der Waals surface area contributed by atoms with E-state index in [9.17, 15) is 0 Å². The number of aryl methyl sites for hydroxylation is 2. The third-order valence-corrected chi connectivity index (χ3v) is 4.25. The van der Waals surface area contributed by atoms with E-state index in [4.69, 9.17) is 0 Å². The van der Waals surface area contributed by atoms with Gasteiger partial charge in [-0.15, -0.1) is 0 Å². The SMILES string of the molecule is Cc1c(CNC2CCCc3ccccc32)cnn1C. The molecule has 0 aliphatic heterocycles. The maximum atomic E-state index is 4.30. The van der Waals surface area contributed by atoms with Gasteiger partial charge in [-0.2, -0.15) is 5.10 Å². The zero-order valence-electron chi connectivity index (χ0n) is 11.7. The number of hydrogen-bond donors (Lipinski definition) is 1. The Morgan fingerprint density at radius 3 is 3.00 bits per heavy atom. The molecule has 1 aliphatic rings. The standard InChI is InChI=1S/C16H21N3/c1-12-14(11-18-19(12)2)10-17-16-9-5-7-13-6-3-4-8-15(13)16/h3-4,6,8,11,16-17H,5,7,9-10H2,1-2H3. The largest absolute Gasteiger partial charge is 0.306 e. The second kappa shape index (κ2) is 5.17. The Bertz CT molecular complexity index is 571. The normalized spacial score (nSPS) is 18.3. The molecule has 1 aromatic carbocycles. The highest BCUT2D eigenvalue weighted by molar-refractivity contribution is 5.32. The van der Waals surface area contributed by atoms with Crippen molar-refractivity contribution in [3.63, 3.8) is 0 Å². The minimum atomic E-state index is 0.490. The van der Waals surface area contributed by atoms with Crippen LogP contribution in [0.15, 0.2) is 30.5 Å². The second-order valence-corrected chi connectivity index (χ2v) is 5.40. The molecule has 1 aromatic heterocycles. The van der Waals surface area contributed by atoms with Crippen molar-refractivity contribution in [2.24, 2.45) is 7.05 Å². The minimum absolute atomic E-state index is 0.490. The second-order valence-electron chi connectivity index (χ2n) is 5.40. The smallest absolute Gasteiger partial charge is 0.0537 e. The van der Waals surface area contributed by atoms with Crippen LogP contribution < -0.4 is 5.32 Å². The van der Waals surface area contributed by atoms with Crippen LogP contribution in [0.3, 0.4) is 0 Å². The summed E-state index contributed by atoms with van der Waals surface area (Å²) in [6.07, 6.45) is 5.70. The molecule has 1 N–H and O–H groups in total. The van der Waals surface area contributed by atoms with Crippen LogP contribution in [0, 0.1) is 6.92 Å². The summed E-state index contributed by atoms with van der Waals surface area (Å²) in [7, 11) is 1.99. The van der Waals surface area contributed by atoms with E-state index in [0.29, 0.717) is 6.04 Å².